The maximum Gasteiger partial charge on any atom is 0.309 e. The van der Waals surface area contributed by atoms with Crippen LogP contribution in [-0.2, 0) is 27.1 Å². The van der Waals surface area contributed by atoms with Gasteiger partial charge in [0.05, 0.1) is 30.8 Å². The summed E-state index contributed by atoms with van der Waals surface area (Å²) >= 11 is 0. The molecule has 6 saturated carbocycles. The molecule has 1 saturated heterocycles. The molecule has 7 heteroatoms. The summed E-state index contributed by atoms with van der Waals surface area (Å²) in [6, 6.07) is 8.78. The van der Waals surface area contributed by atoms with Gasteiger partial charge in [0.15, 0.2) is 5.79 Å². The number of rotatable bonds is 11. The van der Waals surface area contributed by atoms with Crippen LogP contribution in [0.1, 0.15) is 162 Å². The Bertz CT molecular complexity index is 1890. The van der Waals surface area contributed by atoms with E-state index in [9.17, 15) is 25.2 Å². The number of carboxylic acid groups (broad SMARTS) is 1. The van der Waals surface area contributed by atoms with E-state index in [1.165, 1.54) is 5.56 Å². The Kier molecular flexibility index (Phi) is 10.5. The van der Waals surface area contributed by atoms with Crippen LogP contribution in [0.5, 0.6) is 0 Å². The van der Waals surface area contributed by atoms with E-state index in [1.54, 1.807) is 7.11 Å². The number of hydrogen-bond donors (Lipinski definition) is 4. The van der Waals surface area contributed by atoms with E-state index < -0.39 is 44.9 Å². The zero-order chi connectivity index (χ0) is 42.8. The third-order valence-electron chi connectivity index (χ3n) is 21.6. The lowest BCUT2D eigenvalue weighted by Crippen LogP contribution is -2.82. The van der Waals surface area contributed by atoms with Crippen molar-refractivity contribution in [3.63, 3.8) is 0 Å². The molecule has 4 N–H and O–H groups in total. The fraction of sp³-hybridized carbons (Fsp3) is 0.830. The van der Waals surface area contributed by atoms with Crippen LogP contribution in [0, 0.1) is 84.8 Å². The molecule has 332 valence electrons. The minimum Gasteiger partial charge on any atom is -0.481 e. The highest BCUT2D eigenvalue weighted by Gasteiger charge is 2.89. The smallest absolute Gasteiger partial charge is 0.309 e. The van der Waals surface area contributed by atoms with Crippen molar-refractivity contribution in [3.05, 3.63) is 35.4 Å². The number of ether oxygens (including phenoxy) is 2. The highest BCUT2D eigenvalue weighted by atomic mass is 16.6. The van der Waals surface area contributed by atoms with E-state index in [4.69, 9.17) is 9.47 Å². The quantitative estimate of drug-likeness (QED) is 0.164. The van der Waals surface area contributed by atoms with Gasteiger partial charge in [0, 0.05) is 42.1 Å². The molecule has 60 heavy (non-hydrogen) atoms. The third kappa shape index (κ3) is 5.13. The summed E-state index contributed by atoms with van der Waals surface area (Å²) in [7, 11) is 1.73. The van der Waals surface area contributed by atoms with Crippen molar-refractivity contribution in [1.82, 2.24) is 0 Å². The van der Waals surface area contributed by atoms with Crippen LogP contribution in [0.4, 0.5) is 0 Å². The number of hydrogen-bond acceptors (Lipinski definition) is 6. The number of aliphatic hydroxyl groups excluding tert-OH is 2. The van der Waals surface area contributed by atoms with Gasteiger partial charge < -0.3 is 29.9 Å². The summed E-state index contributed by atoms with van der Waals surface area (Å²) in [4.78, 5) is 13.5. The molecule has 0 aromatic heterocycles. The molecule has 1 heterocycles. The van der Waals surface area contributed by atoms with Crippen LogP contribution < -0.4 is 0 Å². The van der Waals surface area contributed by atoms with Crippen LogP contribution in [0.25, 0.3) is 0 Å². The number of aliphatic hydroxyl groups is 3. The predicted octanol–water partition coefficient (Wildman–Crippen LogP) is 9.77. The standard InChI is InChI=1S/C53H78O7/c1-8-11-35-13-10-22-49-28-29-51-40(12-9-2)53(58,60-42(51)31-37-16-14-36(15-17-37)21-30-59-7)33-41(55)52(51,34-54)48(49,6)32-38-18-19-39-43-45(3,24-26-46(39,4)44(56)57)25-27-47(49,5)50(38,43)23-20-35/h14-17,35,38-43,54-55,58H,8-9,11-13,18-21,23-34H2,1-7H3,(H,56,57). The Morgan fingerprint density at radius 2 is 1.58 bits per heavy atom. The summed E-state index contributed by atoms with van der Waals surface area (Å²) < 4.78 is 12.5. The first kappa shape index (κ1) is 43.3. The summed E-state index contributed by atoms with van der Waals surface area (Å²) in [5.41, 5.74) is -1.50. The van der Waals surface area contributed by atoms with Crippen molar-refractivity contribution in [2.75, 3.05) is 20.3 Å². The molecule has 7 fully saturated rings. The first-order chi connectivity index (χ1) is 28.5. The molecular weight excluding hydrogens is 749 g/mol. The van der Waals surface area contributed by atoms with Crippen LogP contribution in [0.2, 0.25) is 0 Å². The van der Waals surface area contributed by atoms with Crippen LogP contribution >= 0.6 is 0 Å². The highest BCUT2D eigenvalue weighted by Crippen LogP contribution is 2.90. The predicted molar refractivity (Wildman–Crippen MR) is 234 cm³/mol. The molecule has 0 radical (unpaired) electrons. The fourth-order valence-electron chi connectivity index (χ4n) is 19.2. The second kappa shape index (κ2) is 14.5. The van der Waals surface area contributed by atoms with E-state index in [-0.39, 0.29) is 53.1 Å². The van der Waals surface area contributed by atoms with Crippen LogP contribution in [0.3, 0.4) is 0 Å². The Balaban J connectivity index is 1.27. The molecule has 7 nitrogen and oxygen atoms in total. The SMILES string of the molecule is CCCC1CC#CC23CCC45C(Cc6ccc(CCOC)cc6)OC(O)(CC(O)C4(CO)C2(C)CC2CCC4C6C(C)(CCC4(C)C(=O)O)CCC3(C)C26CC1)C5CCC. The Hall–Kier alpha value is -1.95. The molecule has 9 rings (SSSR count). The molecule has 0 amide bonds. The van der Waals surface area contributed by atoms with Crippen molar-refractivity contribution < 1.29 is 34.7 Å². The number of benzene rings is 1. The fourth-order valence-corrected chi connectivity index (χ4v) is 19.2. The summed E-state index contributed by atoms with van der Waals surface area (Å²) in [6.07, 6.45) is 15.4. The average molecular weight is 827 g/mol. The topological polar surface area (TPSA) is 116 Å². The number of carboxylic acids is 1. The monoisotopic (exact) mass is 827 g/mol. The van der Waals surface area contributed by atoms with Crippen LogP contribution in [-0.4, -0.2) is 64.7 Å². The molecule has 1 aromatic rings. The number of carbonyl (C=O) groups is 1. The zero-order valence-electron chi connectivity index (χ0n) is 38.2. The van der Waals surface area contributed by atoms with Gasteiger partial charge in [-0.1, -0.05) is 77.6 Å². The maximum absolute atomic E-state index is 13.5. The Labute approximate surface area is 361 Å². The van der Waals surface area contributed by atoms with Gasteiger partial charge in [-0.05, 0) is 160 Å². The minimum atomic E-state index is -1.48. The van der Waals surface area contributed by atoms with E-state index in [0.29, 0.717) is 24.9 Å². The summed E-state index contributed by atoms with van der Waals surface area (Å²) in [5, 5.41) is 49.9. The Morgan fingerprint density at radius 3 is 2.27 bits per heavy atom. The second-order valence-corrected chi connectivity index (χ2v) is 23.2. The minimum absolute atomic E-state index is 0.0651. The lowest BCUT2D eigenvalue weighted by molar-refractivity contribution is -0.380. The van der Waals surface area contributed by atoms with E-state index >= 15 is 0 Å². The molecule has 1 aliphatic heterocycles. The molecule has 16 unspecified atom stereocenters. The van der Waals surface area contributed by atoms with Crippen molar-refractivity contribution in [3.8, 4) is 11.8 Å². The molecule has 16 atom stereocenters. The van der Waals surface area contributed by atoms with Crippen molar-refractivity contribution in [1.29, 1.82) is 0 Å². The van der Waals surface area contributed by atoms with Crippen molar-refractivity contribution in [2.45, 2.75) is 182 Å². The number of methoxy groups -OCH3 is 1. The van der Waals surface area contributed by atoms with Crippen molar-refractivity contribution >= 4 is 5.97 Å². The Morgan fingerprint density at radius 1 is 0.867 bits per heavy atom. The molecular formula is C53H78O7. The summed E-state index contributed by atoms with van der Waals surface area (Å²) in [5.74, 6) is 7.14. The summed E-state index contributed by atoms with van der Waals surface area (Å²) in [6.45, 7) is 14.7. The van der Waals surface area contributed by atoms with Gasteiger partial charge in [0.2, 0.25) is 0 Å². The highest BCUT2D eigenvalue weighted by molar-refractivity contribution is 5.75. The normalized spacial score (nSPS) is 51.1. The molecule has 3 spiro atoms. The van der Waals surface area contributed by atoms with Gasteiger partial charge >= 0.3 is 5.97 Å². The lowest BCUT2D eigenvalue weighted by Gasteiger charge is -2.84. The lowest BCUT2D eigenvalue weighted by atomic mass is 9.19. The van der Waals surface area contributed by atoms with Crippen LogP contribution in [0.15, 0.2) is 24.3 Å². The van der Waals surface area contributed by atoms with E-state index in [0.717, 1.165) is 115 Å². The third-order valence-corrected chi connectivity index (χ3v) is 21.6. The number of aliphatic carboxylic acids is 1. The van der Waals surface area contributed by atoms with E-state index in [1.807, 2.05) is 0 Å². The first-order valence-corrected chi connectivity index (χ1v) is 24.5. The first-order valence-electron chi connectivity index (χ1n) is 24.5. The van der Waals surface area contributed by atoms with Gasteiger partial charge in [0.1, 0.15) is 0 Å². The molecule has 8 aliphatic rings. The van der Waals surface area contributed by atoms with Gasteiger partial charge in [-0.3, -0.25) is 4.79 Å². The van der Waals surface area contributed by atoms with E-state index in [2.05, 4.69) is 77.6 Å². The zero-order valence-corrected chi connectivity index (χ0v) is 38.2. The van der Waals surface area contributed by atoms with Crippen molar-refractivity contribution in [2.24, 2.45) is 72.9 Å². The molecule has 1 aromatic carbocycles. The molecule has 7 aliphatic carbocycles. The second-order valence-electron chi connectivity index (χ2n) is 23.2. The van der Waals surface area contributed by atoms with Gasteiger partial charge in [-0.25, -0.2) is 0 Å². The van der Waals surface area contributed by atoms with Gasteiger partial charge in [-0.15, -0.1) is 5.92 Å². The maximum atomic E-state index is 13.5. The van der Waals surface area contributed by atoms with Gasteiger partial charge in [0.25, 0.3) is 0 Å². The average Bonchev–Trinajstić information content (AvgIpc) is 3.40. The largest absolute Gasteiger partial charge is 0.481 e. The molecule has 4 bridgehead atoms. The van der Waals surface area contributed by atoms with Gasteiger partial charge in [-0.2, -0.15) is 0 Å². The number of fused-ring (bicyclic) bond motifs is 2.